The summed E-state index contributed by atoms with van der Waals surface area (Å²) >= 11 is 0. The molecule has 3 heterocycles. The van der Waals surface area contributed by atoms with Crippen LogP contribution in [0.25, 0.3) is 0 Å². The van der Waals surface area contributed by atoms with E-state index in [0.29, 0.717) is 12.5 Å². The van der Waals surface area contributed by atoms with Crippen molar-refractivity contribution in [2.24, 2.45) is 5.92 Å². The van der Waals surface area contributed by atoms with Crippen molar-refractivity contribution < 1.29 is 5.11 Å². The maximum atomic E-state index is 8.96. The molecular formula is C11H18N4O. The van der Waals surface area contributed by atoms with Crippen molar-refractivity contribution in [3.8, 4) is 0 Å². The van der Waals surface area contributed by atoms with Crippen molar-refractivity contribution in [3.63, 3.8) is 0 Å². The molecule has 1 saturated heterocycles. The lowest BCUT2D eigenvalue weighted by atomic mass is 10.0. The number of likely N-dealkylation sites (tertiary alicyclic amines) is 1. The van der Waals surface area contributed by atoms with Gasteiger partial charge in [-0.25, -0.2) is 0 Å². The first-order valence-corrected chi connectivity index (χ1v) is 6.11. The number of aromatic nitrogens is 3. The van der Waals surface area contributed by atoms with E-state index in [4.69, 9.17) is 5.11 Å². The van der Waals surface area contributed by atoms with E-state index >= 15 is 0 Å². The molecule has 0 aromatic carbocycles. The predicted octanol–water partition coefficient (Wildman–Crippen LogP) is 0.0385. The number of fused-ring (bicyclic) bond motifs is 1. The van der Waals surface area contributed by atoms with E-state index in [1.807, 2.05) is 0 Å². The lowest BCUT2D eigenvalue weighted by Crippen LogP contribution is -2.47. The van der Waals surface area contributed by atoms with Crippen molar-refractivity contribution in [2.75, 3.05) is 19.7 Å². The molecule has 1 aromatic heterocycles. The number of aliphatic hydroxyl groups excluding tert-OH is 1. The Morgan fingerprint density at radius 2 is 2.12 bits per heavy atom. The highest BCUT2D eigenvalue weighted by Gasteiger charge is 2.27. The maximum absolute atomic E-state index is 8.96. The second kappa shape index (κ2) is 4.14. The summed E-state index contributed by atoms with van der Waals surface area (Å²) in [5, 5.41) is 17.5. The second-order valence-corrected chi connectivity index (χ2v) is 4.88. The fourth-order valence-electron chi connectivity index (χ4n) is 2.61. The first-order chi connectivity index (χ1) is 7.86. The van der Waals surface area contributed by atoms with Crippen LogP contribution in [0.5, 0.6) is 0 Å². The van der Waals surface area contributed by atoms with Gasteiger partial charge in [0.25, 0.3) is 0 Å². The van der Waals surface area contributed by atoms with Crippen molar-refractivity contribution in [1.29, 1.82) is 0 Å². The third kappa shape index (κ3) is 1.74. The normalized spacial score (nSPS) is 21.8. The summed E-state index contributed by atoms with van der Waals surface area (Å²) in [7, 11) is 0. The fourth-order valence-corrected chi connectivity index (χ4v) is 2.61. The third-order valence-electron chi connectivity index (χ3n) is 3.59. The summed E-state index contributed by atoms with van der Waals surface area (Å²) in [6.07, 6.45) is 3.57. The Labute approximate surface area is 95.1 Å². The molecule has 0 saturated carbocycles. The van der Waals surface area contributed by atoms with Gasteiger partial charge in [0.1, 0.15) is 11.6 Å². The van der Waals surface area contributed by atoms with Crippen molar-refractivity contribution in [1.82, 2.24) is 19.7 Å². The molecule has 5 heteroatoms. The zero-order valence-electron chi connectivity index (χ0n) is 9.47. The molecular weight excluding hydrogens is 204 g/mol. The van der Waals surface area contributed by atoms with Gasteiger partial charge in [0.05, 0.1) is 6.54 Å². The lowest BCUT2D eigenvalue weighted by Gasteiger charge is -2.37. The van der Waals surface area contributed by atoms with Crippen LogP contribution in [0.1, 0.15) is 24.5 Å². The van der Waals surface area contributed by atoms with Crippen molar-refractivity contribution in [2.45, 2.75) is 32.4 Å². The molecule has 0 spiro atoms. The molecule has 5 nitrogen and oxygen atoms in total. The lowest BCUT2D eigenvalue weighted by molar-refractivity contribution is 0.0449. The van der Waals surface area contributed by atoms with Gasteiger partial charge in [0.15, 0.2) is 0 Å². The molecule has 1 N–H and O–H groups in total. The molecule has 88 valence electrons. The summed E-state index contributed by atoms with van der Waals surface area (Å²) in [5.41, 5.74) is 0. The number of hydrogen-bond donors (Lipinski definition) is 1. The van der Waals surface area contributed by atoms with Crippen LogP contribution in [0.15, 0.2) is 0 Å². The highest BCUT2D eigenvalue weighted by atomic mass is 16.3. The van der Waals surface area contributed by atoms with E-state index in [1.165, 1.54) is 12.8 Å². The number of nitrogens with zero attached hydrogens (tertiary/aromatic N) is 4. The van der Waals surface area contributed by atoms with Crippen molar-refractivity contribution in [3.05, 3.63) is 11.6 Å². The minimum atomic E-state index is 0.314. The summed E-state index contributed by atoms with van der Waals surface area (Å²) in [6.45, 7) is 4.28. The first kappa shape index (κ1) is 10.2. The van der Waals surface area contributed by atoms with Crippen LogP contribution < -0.4 is 0 Å². The molecule has 0 bridgehead atoms. The van der Waals surface area contributed by atoms with Gasteiger partial charge in [-0.1, -0.05) is 0 Å². The largest absolute Gasteiger partial charge is 0.396 e. The van der Waals surface area contributed by atoms with E-state index in [0.717, 1.165) is 44.2 Å². The fraction of sp³-hybridized carbons (Fsp3) is 0.818. The Kier molecular flexibility index (Phi) is 2.65. The van der Waals surface area contributed by atoms with Crippen LogP contribution >= 0.6 is 0 Å². The Hall–Kier alpha value is -0.940. The molecule has 2 aliphatic heterocycles. The second-order valence-electron chi connectivity index (χ2n) is 4.88. The van der Waals surface area contributed by atoms with E-state index in [-0.39, 0.29) is 0 Å². The quantitative estimate of drug-likeness (QED) is 0.784. The average Bonchev–Trinajstić information content (AvgIpc) is 2.66. The van der Waals surface area contributed by atoms with Gasteiger partial charge in [-0.2, -0.15) is 0 Å². The van der Waals surface area contributed by atoms with Crippen LogP contribution in [0.3, 0.4) is 0 Å². The molecule has 0 atom stereocenters. The van der Waals surface area contributed by atoms with Gasteiger partial charge in [-0.05, 0) is 12.8 Å². The highest BCUT2D eigenvalue weighted by Crippen LogP contribution is 2.20. The summed E-state index contributed by atoms with van der Waals surface area (Å²) < 4.78 is 2.27. The Bertz CT molecular complexity index is 370. The minimum Gasteiger partial charge on any atom is -0.396 e. The summed E-state index contributed by atoms with van der Waals surface area (Å²) in [5.74, 6) is 2.73. The van der Waals surface area contributed by atoms with Crippen LogP contribution in [-0.4, -0.2) is 44.5 Å². The molecule has 1 fully saturated rings. The Morgan fingerprint density at radius 3 is 2.94 bits per heavy atom. The standard InChI is InChI=1S/C11H18N4O/c16-8-9-5-14(6-9)7-11-13-12-10-3-1-2-4-15(10)11/h9,16H,1-8H2. The van der Waals surface area contributed by atoms with Crippen molar-refractivity contribution >= 4 is 0 Å². The van der Waals surface area contributed by atoms with Gasteiger partial charge in [0.2, 0.25) is 0 Å². The van der Waals surface area contributed by atoms with E-state index in [9.17, 15) is 0 Å². The smallest absolute Gasteiger partial charge is 0.147 e. The molecule has 0 amide bonds. The summed E-state index contributed by atoms with van der Waals surface area (Å²) in [6, 6.07) is 0. The SMILES string of the molecule is OCC1CN(Cc2nnc3n2CCCC3)C1. The average molecular weight is 222 g/mol. The van der Waals surface area contributed by atoms with E-state index in [1.54, 1.807) is 0 Å². The van der Waals surface area contributed by atoms with Crippen LogP contribution in [0.4, 0.5) is 0 Å². The highest BCUT2D eigenvalue weighted by molar-refractivity contribution is 4.99. The topological polar surface area (TPSA) is 54.2 Å². The van der Waals surface area contributed by atoms with Gasteiger partial charge >= 0.3 is 0 Å². The predicted molar refractivity (Wildman–Crippen MR) is 58.8 cm³/mol. The number of hydrogen-bond acceptors (Lipinski definition) is 4. The van der Waals surface area contributed by atoms with Gasteiger partial charge in [0, 0.05) is 38.6 Å². The Morgan fingerprint density at radius 1 is 1.25 bits per heavy atom. The molecule has 0 unspecified atom stereocenters. The molecule has 0 aliphatic carbocycles. The number of rotatable bonds is 3. The van der Waals surface area contributed by atoms with Crippen LogP contribution in [0.2, 0.25) is 0 Å². The molecule has 0 radical (unpaired) electrons. The maximum Gasteiger partial charge on any atom is 0.147 e. The molecule has 1 aromatic rings. The van der Waals surface area contributed by atoms with Gasteiger partial charge < -0.3 is 9.67 Å². The zero-order valence-corrected chi connectivity index (χ0v) is 9.47. The van der Waals surface area contributed by atoms with E-state index < -0.39 is 0 Å². The monoisotopic (exact) mass is 222 g/mol. The van der Waals surface area contributed by atoms with Crippen LogP contribution in [-0.2, 0) is 19.5 Å². The van der Waals surface area contributed by atoms with Crippen LogP contribution in [0, 0.1) is 5.92 Å². The molecule has 2 aliphatic rings. The number of aliphatic hydroxyl groups is 1. The minimum absolute atomic E-state index is 0.314. The Balaban J connectivity index is 1.65. The first-order valence-electron chi connectivity index (χ1n) is 6.11. The molecule has 16 heavy (non-hydrogen) atoms. The number of aryl methyl sites for hydroxylation is 1. The van der Waals surface area contributed by atoms with Gasteiger partial charge in [-0.15, -0.1) is 10.2 Å². The molecule has 3 rings (SSSR count). The summed E-state index contributed by atoms with van der Waals surface area (Å²) in [4.78, 5) is 2.33. The van der Waals surface area contributed by atoms with Gasteiger partial charge in [-0.3, -0.25) is 4.90 Å². The van der Waals surface area contributed by atoms with E-state index in [2.05, 4.69) is 19.7 Å². The zero-order chi connectivity index (χ0) is 11.0. The third-order valence-corrected chi connectivity index (χ3v) is 3.59.